The molecule has 0 aliphatic heterocycles. The van der Waals surface area contributed by atoms with Gasteiger partial charge in [-0.15, -0.1) is 0 Å². The molecule has 2 rings (SSSR count). The molecule has 1 heterocycles. The number of anilines is 1. The first-order valence-corrected chi connectivity index (χ1v) is 9.13. The first-order valence-electron chi connectivity index (χ1n) is 9.13. The Kier molecular flexibility index (Phi) is 7.61. The highest BCUT2D eigenvalue weighted by molar-refractivity contribution is 5.81. The van der Waals surface area contributed by atoms with Crippen LogP contribution in [0.3, 0.4) is 0 Å². The molecule has 1 aromatic carbocycles. The summed E-state index contributed by atoms with van der Waals surface area (Å²) in [6, 6.07) is 11.6. The van der Waals surface area contributed by atoms with E-state index >= 15 is 0 Å². The number of nitrogens with one attached hydrogen (secondary N) is 1. The maximum Gasteiger partial charge on any atom is 0.408 e. The fourth-order valence-electron chi connectivity index (χ4n) is 2.20. The molecule has 3 N–H and O–H groups in total. The van der Waals surface area contributed by atoms with Crippen molar-refractivity contribution >= 4 is 17.7 Å². The molecule has 7 heteroatoms. The van der Waals surface area contributed by atoms with E-state index in [9.17, 15) is 9.59 Å². The van der Waals surface area contributed by atoms with Crippen LogP contribution in [0.5, 0.6) is 0 Å². The molecule has 0 spiro atoms. The van der Waals surface area contributed by atoms with Gasteiger partial charge >= 0.3 is 12.1 Å². The summed E-state index contributed by atoms with van der Waals surface area (Å²) in [7, 11) is 0. The molecule has 1 aromatic heterocycles. The number of ether oxygens (including phenoxy) is 2. The number of nitrogens with zero attached hydrogens (tertiary/aromatic N) is 1. The Bertz CT molecular complexity index is 878. The van der Waals surface area contributed by atoms with Crippen molar-refractivity contribution in [1.82, 2.24) is 10.3 Å². The average Bonchev–Trinajstić information content (AvgIpc) is 2.66. The first kappa shape index (κ1) is 21.8. The normalized spacial score (nSPS) is 11.6. The number of hydrogen-bond acceptors (Lipinski definition) is 6. The second-order valence-corrected chi connectivity index (χ2v) is 7.27. The van der Waals surface area contributed by atoms with Crippen molar-refractivity contribution in [2.75, 3.05) is 5.73 Å². The number of carbonyl (C=O) groups excluding carboxylic acids is 2. The summed E-state index contributed by atoms with van der Waals surface area (Å²) in [4.78, 5) is 28.7. The predicted octanol–water partition coefficient (Wildman–Crippen LogP) is 3.04. The first-order chi connectivity index (χ1) is 13.7. The number of pyridine rings is 1. The fraction of sp³-hybridized carbons (Fsp3) is 0.318. The monoisotopic (exact) mass is 395 g/mol. The van der Waals surface area contributed by atoms with E-state index in [0.29, 0.717) is 11.4 Å². The maximum atomic E-state index is 12.5. The Balaban J connectivity index is 2.04. The number of nitrogens with two attached hydrogens (primary N) is 1. The third-order valence-electron chi connectivity index (χ3n) is 3.51. The van der Waals surface area contributed by atoms with Gasteiger partial charge in [0, 0.05) is 6.42 Å². The van der Waals surface area contributed by atoms with Gasteiger partial charge in [0.1, 0.15) is 23.9 Å². The van der Waals surface area contributed by atoms with E-state index in [1.807, 2.05) is 30.3 Å². The standard InChI is InChI=1S/C22H25N3O4/c1-22(2,3)29-21(27)25-19(11-7-10-18-13-12-17(23)14-24-18)20(26)28-15-16-8-5-4-6-9-16/h4-6,8-9,12-14,19H,11,15,23H2,1-3H3,(H,25,27). The molecule has 1 amide bonds. The number of esters is 1. The fourth-order valence-corrected chi connectivity index (χ4v) is 2.20. The van der Waals surface area contributed by atoms with Crippen LogP contribution in [0.15, 0.2) is 48.7 Å². The summed E-state index contributed by atoms with van der Waals surface area (Å²) in [5.74, 6) is 5.08. The van der Waals surface area contributed by atoms with Gasteiger partial charge in [-0.3, -0.25) is 0 Å². The number of aromatic nitrogens is 1. The number of amides is 1. The van der Waals surface area contributed by atoms with Gasteiger partial charge in [-0.1, -0.05) is 36.3 Å². The summed E-state index contributed by atoms with van der Waals surface area (Å²) >= 11 is 0. The van der Waals surface area contributed by atoms with Crippen LogP contribution in [0.2, 0.25) is 0 Å². The van der Waals surface area contributed by atoms with Crippen LogP contribution in [0.1, 0.15) is 38.4 Å². The smallest absolute Gasteiger partial charge is 0.408 e. The maximum absolute atomic E-state index is 12.5. The lowest BCUT2D eigenvalue weighted by Gasteiger charge is -2.22. The molecule has 0 bridgehead atoms. The Hall–Kier alpha value is -3.53. The van der Waals surface area contributed by atoms with Gasteiger partial charge in [-0.25, -0.2) is 14.6 Å². The Morgan fingerprint density at radius 1 is 1.17 bits per heavy atom. The van der Waals surface area contributed by atoms with Gasteiger partial charge in [-0.05, 0) is 44.4 Å². The van der Waals surface area contributed by atoms with Crippen molar-refractivity contribution in [3.8, 4) is 11.8 Å². The van der Waals surface area contributed by atoms with Crippen molar-refractivity contribution in [3.63, 3.8) is 0 Å². The van der Waals surface area contributed by atoms with Crippen LogP contribution in [-0.4, -0.2) is 28.7 Å². The highest BCUT2D eigenvalue weighted by Crippen LogP contribution is 2.09. The molecule has 0 saturated heterocycles. The molecule has 0 fully saturated rings. The van der Waals surface area contributed by atoms with Crippen LogP contribution in [0.25, 0.3) is 0 Å². The second kappa shape index (κ2) is 10.1. The van der Waals surface area contributed by atoms with E-state index in [2.05, 4.69) is 22.1 Å². The number of hydrogen-bond donors (Lipinski definition) is 2. The average molecular weight is 395 g/mol. The van der Waals surface area contributed by atoms with E-state index in [4.69, 9.17) is 15.2 Å². The van der Waals surface area contributed by atoms with Gasteiger partial charge in [-0.2, -0.15) is 0 Å². The molecule has 152 valence electrons. The van der Waals surface area contributed by atoms with Crippen LogP contribution in [0.4, 0.5) is 10.5 Å². The predicted molar refractivity (Wildman–Crippen MR) is 110 cm³/mol. The van der Waals surface area contributed by atoms with Crippen molar-refractivity contribution in [2.45, 2.75) is 45.4 Å². The lowest BCUT2D eigenvalue weighted by Crippen LogP contribution is -2.44. The molecule has 0 saturated carbocycles. The number of rotatable bonds is 5. The zero-order chi connectivity index (χ0) is 21.3. The molecule has 29 heavy (non-hydrogen) atoms. The Morgan fingerprint density at radius 3 is 2.52 bits per heavy atom. The van der Waals surface area contributed by atoms with Gasteiger partial charge in [0.15, 0.2) is 0 Å². The molecule has 7 nitrogen and oxygen atoms in total. The minimum atomic E-state index is -0.977. The van der Waals surface area contributed by atoms with Crippen molar-refractivity contribution in [1.29, 1.82) is 0 Å². The van der Waals surface area contributed by atoms with Crippen LogP contribution >= 0.6 is 0 Å². The molecule has 2 aromatic rings. The summed E-state index contributed by atoms with van der Waals surface area (Å²) in [5, 5.41) is 2.53. The highest BCUT2D eigenvalue weighted by Gasteiger charge is 2.25. The van der Waals surface area contributed by atoms with Gasteiger partial charge in [0.2, 0.25) is 0 Å². The largest absolute Gasteiger partial charge is 0.459 e. The molecule has 0 aliphatic carbocycles. The Labute approximate surface area is 170 Å². The van der Waals surface area contributed by atoms with Gasteiger partial charge in [0.25, 0.3) is 0 Å². The molecular weight excluding hydrogens is 370 g/mol. The Morgan fingerprint density at radius 2 is 1.90 bits per heavy atom. The van der Waals surface area contributed by atoms with E-state index in [1.54, 1.807) is 32.9 Å². The quantitative estimate of drug-likeness (QED) is 0.596. The number of benzene rings is 1. The lowest BCUT2D eigenvalue weighted by molar-refractivity contribution is -0.147. The van der Waals surface area contributed by atoms with Crippen LogP contribution in [-0.2, 0) is 20.9 Å². The van der Waals surface area contributed by atoms with E-state index in [-0.39, 0.29) is 13.0 Å². The van der Waals surface area contributed by atoms with E-state index < -0.39 is 23.7 Å². The molecule has 1 unspecified atom stereocenters. The minimum absolute atomic E-state index is 0.0406. The number of alkyl carbamates (subject to hydrolysis) is 1. The zero-order valence-electron chi connectivity index (χ0n) is 16.8. The minimum Gasteiger partial charge on any atom is -0.459 e. The molecular formula is C22H25N3O4. The van der Waals surface area contributed by atoms with E-state index in [0.717, 1.165) is 5.56 Å². The van der Waals surface area contributed by atoms with Crippen LogP contribution < -0.4 is 11.1 Å². The number of carbonyl (C=O) groups is 2. The molecule has 1 atom stereocenters. The van der Waals surface area contributed by atoms with Crippen LogP contribution in [0, 0.1) is 11.8 Å². The second-order valence-electron chi connectivity index (χ2n) is 7.27. The van der Waals surface area contributed by atoms with E-state index in [1.165, 1.54) is 6.20 Å². The molecule has 0 aliphatic rings. The lowest BCUT2D eigenvalue weighted by atomic mass is 10.2. The SMILES string of the molecule is CC(C)(C)OC(=O)NC(CC#Cc1ccc(N)cn1)C(=O)OCc1ccccc1. The van der Waals surface area contributed by atoms with Crippen molar-refractivity contribution in [2.24, 2.45) is 0 Å². The topological polar surface area (TPSA) is 104 Å². The summed E-state index contributed by atoms with van der Waals surface area (Å²) in [6.07, 6.45) is 0.819. The summed E-state index contributed by atoms with van der Waals surface area (Å²) in [5.41, 5.74) is 6.79. The molecule has 0 radical (unpaired) electrons. The van der Waals surface area contributed by atoms with Crippen molar-refractivity contribution in [3.05, 3.63) is 59.9 Å². The van der Waals surface area contributed by atoms with Gasteiger partial charge in [0.05, 0.1) is 11.9 Å². The van der Waals surface area contributed by atoms with Gasteiger partial charge < -0.3 is 20.5 Å². The zero-order valence-corrected chi connectivity index (χ0v) is 16.8. The third-order valence-corrected chi connectivity index (χ3v) is 3.51. The third kappa shape index (κ3) is 8.35. The summed E-state index contributed by atoms with van der Waals surface area (Å²) in [6.45, 7) is 5.31. The number of nitrogen functional groups attached to an aromatic ring is 1. The summed E-state index contributed by atoms with van der Waals surface area (Å²) < 4.78 is 10.6. The highest BCUT2D eigenvalue weighted by atomic mass is 16.6. The van der Waals surface area contributed by atoms with Crippen molar-refractivity contribution < 1.29 is 19.1 Å².